The lowest BCUT2D eigenvalue weighted by atomic mass is 10.1. The van der Waals surface area contributed by atoms with Gasteiger partial charge in [-0.2, -0.15) is 5.10 Å². The maximum atomic E-state index is 12.6. The van der Waals surface area contributed by atoms with Gasteiger partial charge in [-0.05, 0) is 36.8 Å². The van der Waals surface area contributed by atoms with Gasteiger partial charge >= 0.3 is 0 Å². The topological polar surface area (TPSA) is 73.0 Å². The van der Waals surface area contributed by atoms with Crippen LogP contribution in [0.25, 0.3) is 11.3 Å². The van der Waals surface area contributed by atoms with E-state index in [9.17, 15) is 4.79 Å². The smallest absolute Gasteiger partial charge is 0.279 e. The summed E-state index contributed by atoms with van der Waals surface area (Å²) in [6.45, 7) is 2.39. The van der Waals surface area contributed by atoms with Gasteiger partial charge in [0.25, 0.3) is 5.91 Å². The molecule has 0 saturated heterocycles. The Labute approximate surface area is 187 Å². The van der Waals surface area contributed by atoms with Crippen molar-refractivity contribution in [3.05, 3.63) is 86.6 Å². The molecule has 2 aromatic carbocycles. The fraction of sp³-hybridized carbons (Fsp3) is 0.0952. The summed E-state index contributed by atoms with van der Waals surface area (Å²) in [5, 5.41) is 12.6. The van der Waals surface area contributed by atoms with Crippen molar-refractivity contribution >= 4 is 46.5 Å². The minimum Gasteiger partial charge on any atom is -0.355 e. The van der Waals surface area contributed by atoms with Gasteiger partial charge in [-0.25, -0.2) is 0 Å². The second kappa shape index (κ2) is 8.52. The van der Waals surface area contributed by atoms with Crippen LogP contribution in [0.2, 0.25) is 15.1 Å². The average Bonchev–Trinajstić information content (AvgIpc) is 3.31. The lowest BCUT2D eigenvalue weighted by molar-refractivity contribution is 0.101. The van der Waals surface area contributed by atoms with Crippen molar-refractivity contribution in [3.8, 4) is 11.3 Å². The first-order chi connectivity index (χ1) is 14.4. The van der Waals surface area contributed by atoms with Crippen molar-refractivity contribution in [1.29, 1.82) is 0 Å². The number of halogens is 3. The molecular weight excluding hydrogens is 447 g/mol. The molecule has 0 spiro atoms. The lowest BCUT2D eigenvalue weighted by Crippen LogP contribution is -2.13. The van der Waals surface area contributed by atoms with E-state index in [0.29, 0.717) is 38.8 Å². The summed E-state index contributed by atoms with van der Waals surface area (Å²) in [4.78, 5) is 12.6. The zero-order valence-corrected chi connectivity index (χ0v) is 18.0. The molecule has 4 rings (SSSR count). The SMILES string of the molecule is Cc1cc(NC(=O)c2cc(-c3ccc(Cl)cc3Cl)on2)nn1Cc1ccccc1Cl. The molecule has 152 valence electrons. The number of anilines is 1. The van der Waals surface area contributed by atoms with E-state index in [-0.39, 0.29) is 5.69 Å². The molecule has 0 fully saturated rings. The summed E-state index contributed by atoms with van der Waals surface area (Å²) in [5.41, 5.74) is 2.50. The van der Waals surface area contributed by atoms with E-state index >= 15 is 0 Å². The number of carbonyl (C=O) groups excluding carboxylic acids is 1. The number of carbonyl (C=O) groups is 1. The maximum absolute atomic E-state index is 12.6. The number of nitrogens with one attached hydrogen (secondary N) is 1. The van der Waals surface area contributed by atoms with Crippen LogP contribution in [0, 0.1) is 6.92 Å². The highest BCUT2D eigenvalue weighted by Crippen LogP contribution is 2.30. The summed E-state index contributed by atoms with van der Waals surface area (Å²) in [7, 11) is 0. The Balaban J connectivity index is 1.50. The predicted molar refractivity (Wildman–Crippen MR) is 117 cm³/mol. The van der Waals surface area contributed by atoms with E-state index in [4.69, 9.17) is 39.3 Å². The van der Waals surface area contributed by atoms with E-state index in [1.165, 1.54) is 6.07 Å². The zero-order chi connectivity index (χ0) is 21.3. The van der Waals surface area contributed by atoms with Crippen molar-refractivity contribution in [2.24, 2.45) is 0 Å². The molecule has 0 radical (unpaired) electrons. The Kier molecular flexibility index (Phi) is 5.81. The van der Waals surface area contributed by atoms with Gasteiger partial charge in [0.15, 0.2) is 17.3 Å². The third-order valence-electron chi connectivity index (χ3n) is 4.44. The van der Waals surface area contributed by atoms with Gasteiger partial charge < -0.3 is 9.84 Å². The number of amides is 1. The van der Waals surface area contributed by atoms with E-state index in [0.717, 1.165) is 11.3 Å². The van der Waals surface area contributed by atoms with Gasteiger partial charge in [0.05, 0.1) is 11.6 Å². The summed E-state index contributed by atoms with van der Waals surface area (Å²) >= 11 is 18.3. The van der Waals surface area contributed by atoms with Crippen LogP contribution in [0.5, 0.6) is 0 Å². The number of hydrogen-bond donors (Lipinski definition) is 1. The normalized spacial score (nSPS) is 10.9. The largest absolute Gasteiger partial charge is 0.355 e. The first-order valence-corrected chi connectivity index (χ1v) is 10.1. The lowest BCUT2D eigenvalue weighted by Gasteiger charge is -2.06. The molecule has 2 aromatic heterocycles. The van der Waals surface area contributed by atoms with Crippen molar-refractivity contribution in [3.63, 3.8) is 0 Å². The number of nitrogens with zero attached hydrogens (tertiary/aromatic N) is 3. The first-order valence-electron chi connectivity index (χ1n) is 8.92. The Morgan fingerprint density at radius 3 is 2.63 bits per heavy atom. The van der Waals surface area contributed by atoms with Crippen LogP contribution in [0.3, 0.4) is 0 Å². The predicted octanol–water partition coefficient (Wildman–Crippen LogP) is 6.11. The monoisotopic (exact) mass is 460 g/mol. The number of benzene rings is 2. The minimum atomic E-state index is -0.447. The van der Waals surface area contributed by atoms with Crippen LogP contribution in [-0.2, 0) is 6.54 Å². The van der Waals surface area contributed by atoms with Gasteiger partial charge in [-0.3, -0.25) is 9.48 Å². The highest BCUT2D eigenvalue weighted by Gasteiger charge is 2.17. The molecule has 0 atom stereocenters. The van der Waals surface area contributed by atoms with Gasteiger partial charge in [-0.1, -0.05) is 58.2 Å². The molecule has 0 saturated carbocycles. The highest BCUT2D eigenvalue weighted by atomic mass is 35.5. The van der Waals surface area contributed by atoms with Crippen LogP contribution in [-0.4, -0.2) is 20.8 Å². The van der Waals surface area contributed by atoms with E-state index in [1.807, 2.05) is 31.2 Å². The van der Waals surface area contributed by atoms with E-state index in [1.54, 1.807) is 28.9 Å². The second-order valence-electron chi connectivity index (χ2n) is 6.57. The van der Waals surface area contributed by atoms with Crippen LogP contribution in [0.4, 0.5) is 5.82 Å². The average molecular weight is 462 g/mol. The summed E-state index contributed by atoms with van der Waals surface area (Å²) in [6, 6.07) is 15.8. The molecule has 4 aromatic rings. The molecule has 0 unspecified atom stereocenters. The molecular formula is C21H15Cl3N4O2. The molecule has 9 heteroatoms. The van der Waals surface area contributed by atoms with Crippen LogP contribution >= 0.6 is 34.8 Å². The van der Waals surface area contributed by atoms with E-state index in [2.05, 4.69) is 15.6 Å². The fourth-order valence-electron chi connectivity index (χ4n) is 2.90. The molecule has 30 heavy (non-hydrogen) atoms. The molecule has 0 aliphatic rings. The third-order valence-corrected chi connectivity index (χ3v) is 5.36. The molecule has 2 heterocycles. The Morgan fingerprint density at radius 1 is 1.07 bits per heavy atom. The van der Waals surface area contributed by atoms with Crippen molar-refractivity contribution in [2.75, 3.05) is 5.32 Å². The molecule has 0 aliphatic carbocycles. The quantitative estimate of drug-likeness (QED) is 0.389. The molecule has 6 nitrogen and oxygen atoms in total. The maximum Gasteiger partial charge on any atom is 0.279 e. The van der Waals surface area contributed by atoms with Gasteiger partial charge in [-0.15, -0.1) is 0 Å². The van der Waals surface area contributed by atoms with E-state index < -0.39 is 5.91 Å². The summed E-state index contributed by atoms with van der Waals surface area (Å²) < 4.78 is 7.04. The van der Waals surface area contributed by atoms with Gasteiger partial charge in [0.1, 0.15) is 0 Å². The van der Waals surface area contributed by atoms with Crippen LogP contribution in [0.1, 0.15) is 21.7 Å². The fourth-order valence-corrected chi connectivity index (χ4v) is 3.60. The minimum absolute atomic E-state index is 0.106. The second-order valence-corrected chi connectivity index (χ2v) is 7.83. The van der Waals surface area contributed by atoms with Crippen molar-refractivity contribution < 1.29 is 9.32 Å². The molecule has 0 aliphatic heterocycles. The molecule has 1 N–H and O–H groups in total. The Hall–Kier alpha value is -2.80. The number of hydrogen-bond acceptors (Lipinski definition) is 4. The Morgan fingerprint density at radius 2 is 1.87 bits per heavy atom. The third kappa shape index (κ3) is 4.36. The molecule has 1 amide bonds. The zero-order valence-electron chi connectivity index (χ0n) is 15.7. The Bertz CT molecular complexity index is 1230. The standard InChI is InChI=1S/C21H15Cl3N4O2/c1-12-8-20(26-28(12)11-13-4-2-3-5-16(13)23)25-21(29)18-10-19(30-27-18)15-7-6-14(22)9-17(15)24/h2-10H,11H2,1H3,(H,25,26,29). The number of rotatable bonds is 5. The van der Waals surface area contributed by atoms with Gasteiger partial charge in [0, 0.05) is 33.4 Å². The summed E-state index contributed by atoms with van der Waals surface area (Å²) in [6.07, 6.45) is 0. The van der Waals surface area contributed by atoms with Crippen LogP contribution < -0.4 is 5.32 Å². The van der Waals surface area contributed by atoms with Crippen molar-refractivity contribution in [2.45, 2.75) is 13.5 Å². The van der Waals surface area contributed by atoms with Gasteiger partial charge in [0.2, 0.25) is 0 Å². The number of aromatic nitrogens is 3. The first kappa shape index (κ1) is 20.5. The van der Waals surface area contributed by atoms with Crippen LogP contribution in [0.15, 0.2) is 59.1 Å². The molecule has 0 bridgehead atoms. The number of aryl methyl sites for hydroxylation is 1. The van der Waals surface area contributed by atoms with Crippen molar-refractivity contribution in [1.82, 2.24) is 14.9 Å². The summed E-state index contributed by atoms with van der Waals surface area (Å²) in [5.74, 6) is 0.318. The highest BCUT2D eigenvalue weighted by molar-refractivity contribution is 6.36.